The molecule has 172 valence electrons. The topological polar surface area (TPSA) is 63.6 Å². The lowest BCUT2D eigenvalue weighted by atomic mass is 10.3. The molecular formula is C23H25F3O4PS+. The van der Waals surface area contributed by atoms with Gasteiger partial charge in [-0.1, -0.05) is 49.7 Å². The standard InChI is InChI=1S/C22H23OP.CHF3O3S/c1-2-3-18-23-19-14-16-22(17-15-19)24(20-10-6-4-7-11-20)21-12-8-5-9-13-21;2-1(3,4)8(5,6)7/h4-17H,2-3,18H2,1H3;(H,5,6,7)/p+1. The van der Waals surface area contributed by atoms with E-state index >= 15 is 0 Å². The maximum atomic E-state index is 10.7. The smallest absolute Gasteiger partial charge is 0.494 e. The molecule has 32 heavy (non-hydrogen) atoms. The van der Waals surface area contributed by atoms with Gasteiger partial charge in [0, 0.05) is 0 Å². The molecular weight excluding hydrogens is 460 g/mol. The maximum absolute atomic E-state index is 10.7. The molecule has 0 aromatic heterocycles. The van der Waals surface area contributed by atoms with Crippen LogP contribution in [0.25, 0.3) is 0 Å². The molecule has 0 bridgehead atoms. The lowest BCUT2D eigenvalue weighted by Gasteiger charge is -2.11. The van der Waals surface area contributed by atoms with Crippen molar-refractivity contribution in [3.63, 3.8) is 0 Å². The molecule has 3 aromatic rings. The lowest BCUT2D eigenvalue weighted by molar-refractivity contribution is -0.0510. The van der Waals surface area contributed by atoms with Gasteiger partial charge in [0.2, 0.25) is 0 Å². The Morgan fingerprint density at radius 1 is 0.812 bits per heavy atom. The summed E-state index contributed by atoms with van der Waals surface area (Å²) in [6.45, 7) is 2.98. The molecule has 0 fully saturated rings. The number of benzene rings is 3. The van der Waals surface area contributed by atoms with Gasteiger partial charge in [-0.3, -0.25) is 4.55 Å². The summed E-state index contributed by atoms with van der Waals surface area (Å²) >= 11 is 0. The first-order chi connectivity index (χ1) is 15.1. The van der Waals surface area contributed by atoms with E-state index in [-0.39, 0.29) is 0 Å². The largest absolute Gasteiger partial charge is 0.522 e. The van der Waals surface area contributed by atoms with Gasteiger partial charge in [0.1, 0.15) is 21.7 Å². The van der Waals surface area contributed by atoms with Gasteiger partial charge in [0.05, 0.1) is 14.5 Å². The van der Waals surface area contributed by atoms with Gasteiger partial charge in [0.25, 0.3) is 0 Å². The van der Waals surface area contributed by atoms with Crippen molar-refractivity contribution in [3.8, 4) is 5.75 Å². The van der Waals surface area contributed by atoms with Crippen LogP contribution in [-0.4, -0.2) is 25.1 Å². The minimum atomic E-state index is -5.84. The zero-order valence-electron chi connectivity index (χ0n) is 17.4. The van der Waals surface area contributed by atoms with E-state index in [0.717, 1.165) is 25.2 Å². The summed E-state index contributed by atoms with van der Waals surface area (Å²) in [4.78, 5) is 0. The van der Waals surface area contributed by atoms with Crippen LogP contribution in [0.5, 0.6) is 5.75 Å². The lowest BCUT2D eigenvalue weighted by Crippen LogP contribution is -2.21. The fourth-order valence-corrected chi connectivity index (χ4v) is 5.31. The number of ether oxygens (including phenoxy) is 1. The van der Waals surface area contributed by atoms with E-state index < -0.39 is 23.5 Å². The third kappa shape index (κ3) is 7.93. The second kappa shape index (κ2) is 12.0. The Balaban J connectivity index is 0.000000390. The van der Waals surface area contributed by atoms with Gasteiger partial charge in [0.15, 0.2) is 0 Å². The number of alkyl halides is 3. The van der Waals surface area contributed by atoms with Gasteiger partial charge < -0.3 is 4.74 Å². The highest BCUT2D eigenvalue weighted by Gasteiger charge is 2.44. The predicted octanol–water partition coefficient (Wildman–Crippen LogP) is 4.75. The Morgan fingerprint density at radius 3 is 1.59 bits per heavy atom. The van der Waals surface area contributed by atoms with Crippen LogP contribution >= 0.6 is 7.92 Å². The van der Waals surface area contributed by atoms with Gasteiger partial charge in [-0.15, -0.1) is 0 Å². The zero-order chi connectivity index (χ0) is 23.6. The highest BCUT2D eigenvalue weighted by atomic mass is 32.2. The quantitative estimate of drug-likeness (QED) is 0.227. The number of rotatable bonds is 7. The Labute approximate surface area is 187 Å². The molecule has 0 saturated heterocycles. The third-order valence-electron chi connectivity index (χ3n) is 4.33. The Bertz CT molecular complexity index is 1000. The number of hydrogen-bond donors (Lipinski definition) is 1. The van der Waals surface area contributed by atoms with Crippen molar-refractivity contribution in [1.82, 2.24) is 0 Å². The molecule has 1 N–H and O–H groups in total. The Hall–Kier alpha value is -2.41. The first-order valence-electron chi connectivity index (χ1n) is 9.88. The molecule has 0 aliphatic carbocycles. The maximum Gasteiger partial charge on any atom is 0.522 e. The monoisotopic (exact) mass is 485 g/mol. The van der Waals surface area contributed by atoms with Crippen LogP contribution in [0.4, 0.5) is 13.2 Å². The molecule has 3 rings (SSSR count). The van der Waals surface area contributed by atoms with Crippen molar-refractivity contribution >= 4 is 34.0 Å². The highest BCUT2D eigenvalue weighted by molar-refractivity contribution is 7.86. The van der Waals surface area contributed by atoms with Gasteiger partial charge in [-0.25, -0.2) is 0 Å². The summed E-state index contributed by atoms with van der Waals surface area (Å²) in [5, 5.41) is 4.21. The van der Waals surface area contributed by atoms with Gasteiger partial charge in [-0.05, 0) is 55.0 Å². The fourth-order valence-electron chi connectivity index (χ4n) is 2.76. The summed E-state index contributed by atoms with van der Waals surface area (Å²) in [6, 6.07) is 30.3. The zero-order valence-corrected chi connectivity index (χ0v) is 19.2. The molecule has 0 radical (unpaired) electrons. The predicted molar refractivity (Wildman–Crippen MR) is 125 cm³/mol. The minimum Gasteiger partial charge on any atom is -0.494 e. The van der Waals surface area contributed by atoms with Crippen molar-refractivity contribution in [2.24, 2.45) is 0 Å². The highest BCUT2D eigenvalue weighted by Crippen LogP contribution is 2.33. The molecule has 0 heterocycles. The van der Waals surface area contributed by atoms with Crippen LogP contribution < -0.4 is 20.7 Å². The fraction of sp³-hybridized carbons (Fsp3) is 0.217. The summed E-state index contributed by atoms with van der Waals surface area (Å²) in [5.41, 5.74) is -5.53. The first kappa shape index (κ1) is 25.8. The number of halogens is 3. The summed E-state index contributed by atoms with van der Waals surface area (Å²) in [5.74, 6) is 0.967. The molecule has 0 aliphatic rings. The van der Waals surface area contributed by atoms with Crippen LogP contribution in [0.2, 0.25) is 0 Å². The molecule has 9 heteroatoms. The molecule has 0 amide bonds. The van der Waals surface area contributed by atoms with Crippen molar-refractivity contribution in [3.05, 3.63) is 84.9 Å². The molecule has 0 unspecified atom stereocenters. The number of hydrogen-bond acceptors (Lipinski definition) is 3. The van der Waals surface area contributed by atoms with E-state index in [1.54, 1.807) is 0 Å². The Morgan fingerprint density at radius 2 is 1.22 bits per heavy atom. The molecule has 3 aromatic carbocycles. The SMILES string of the molecule is CCCCOc1ccc([PH+](c2ccccc2)c2ccccc2)cc1.O=S(=O)(O)C(F)(F)F. The van der Waals surface area contributed by atoms with Crippen LogP contribution in [0.1, 0.15) is 19.8 Å². The molecule has 4 nitrogen and oxygen atoms in total. The van der Waals surface area contributed by atoms with E-state index in [9.17, 15) is 13.2 Å². The van der Waals surface area contributed by atoms with E-state index in [4.69, 9.17) is 17.7 Å². The molecule has 0 aliphatic heterocycles. The van der Waals surface area contributed by atoms with Crippen LogP contribution in [0, 0.1) is 0 Å². The van der Waals surface area contributed by atoms with E-state index in [1.165, 1.54) is 15.9 Å². The van der Waals surface area contributed by atoms with Crippen molar-refractivity contribution in [2.45, 2.75) is 25.3 Å². The normalized spacial score (nSPS) is 11.6. The Kier molecular flexibility index (Phi) is 9.69. The minimum absolute atomic E-state index is 0.797. The summed E-state index contributed by atoms with van der Waals surface area (Å²) < 4.78 is 63.3. The first-order valence-corrected chi connectivity index (χ1v) is 12.8. The van der Waals surface area contributed by atoms with Crippen LogP contribution in [-0.2, 0) is 10.1 Å². The third-order valence-corrected chi connectivity index (χ3v) is 7.64. The molecule has 0 saturated carbocycles. The van der Waals surface area contributed by atoms with Crippen LogP contribution in [0.15, 0.2) is 84.9 Å². The van der Waals surface area contributed by atoms with Crippen molar-refractivity contribution < 1.29 is 30.9 Å². The van der Waals surface area contributed by atoms with Gasteiger partial charge in [-0.2, -0.15) is 21.6 Å². The summed E-state index contributed by atoms with van der Waals surface area (Å²) in [7, 11) is -6.81. The molecule has 0 spiro atoms. The second-order valence-corrected chi connectivity index (χ2v) is 10.6. The summed E-state index contributed by atoms with van der Waals surface area (Å²) in [6.07, 6.45) is 2.26. The van der Waals surface area contributed by atoms with E-state index in [2.05, 4.69) is 91.9 Å². The second-order valence-electron chi connectivity index (χ2n) is 6.75. The van der Waals surface area contributed by atoms with Crippen molar-refractivity contribution in [1.29, 1.82) is 0 Å². The average Bonchev–Trinajstić information content (AvgIpc) is 2.76. The van der Waals surface area contributed by atoms with Crippen LogP contribution in [0.3, 0.4) is 0 Å². The average molecular weight is 485 g/mol. The van der Waals surface area contributed by atoms with E-state index in [1.807, 2.05) is 0 Å². The van der Waals surface area contributed by atoms with E-state index in [0.29, 0.717) is 0 Å². The van der Waals surface area contributed by atoms with Crippen molar-refractivity contribution in [2.75, 3.05) is 6.61 Å². The van der Waals surface area contributed by atoms with Gasteiger partial charge >= 0.3 is 15.6 Å². The molecule has 0 atom stereocenters. The number of unbranched alkanes of at least 4 members (excludes halogenated alkanes) is 1.